The Balaban J connectivity index is 2.49. The molecule has 0 saturated carbocycles. The van der Waals surface area contributed by atoms with Crippen molar-refractivity contribution in [3.05, 3.63) is 59.4 Å². The third-order valence-corrected chi connectivity index (χ3v) is 2.51. The highest BCUT2D eigenvalue weighted by Crippen LogP contribution is 2.24. The fourth-order valence-corrected chi connectivity index (χ4v) is 1.69. The molecule has 0 atom stereocenters. The van der Waals surface area contributed by atoms with Crippen molar-refractivity contribution in [2.45, 2.75) is 6.92 Å². The van der Waals surface area contributed by atoms with Gasteiger partial charge in [-0.3, -0.25) is 0 Å². The maximum atomic E-state index is 12.8. The topological polar surface area (TPSA) is 23.8 Å². The zero-order valence-corrected chi connectivity index (χ0v) is 8.87. The molecule has 0 aromatic heterocycles. The van der Waals surface area contributed by atoms with Crippen LogP contribution in [0.15, 0.2) is 42.5 Å². The number of aryl methyl sites for hydroxylation is 1. The largest absolute Gasteiger partial charge is 0.207 e. The minimum atomic E-state index is -0.241. The van der Waals surface area contributed by atoms with E-state index in [2.05, 4.69) is 6.07 Å². The Kier molecular flexibility index (Phi) is 2.70. The molecule has 2 aromatic carbocycles. The molecule has 0 N–H and O–H groups in total. The zero-order chi connectivity index (χ0) is 11.5. The second-order valence-electron chi connectivity index (χ2n) is 3.65. The number of nitriles is 1. The molecule has 2 aromatic rings. The summed E-state index contributed by atoms with van der Waals surface area (Å²) in [5.74, 6) is -0.241. The molecule has 0 heterocycles. The van der Waals surface area contributed by atoms with Crippen LogP contribution in [0.4, 0.5) is 4.39 Å². The van der Waals surface area contributed by atoms with E-state index < -0.39 is 0 Å². The fraction of sp³-hybridized carbons (Fsp3) is 0.0714. The van der Waals surface area contributed by atoms with E-state index in [1.54, 1.807) is 18.2 Å². The van der Waals surface area contributed by atoms with Crippen molar-refractivity contribution >= 4 is 0 Å². The number of benzene rings is 2. The summed E-state index contributed by atoms with van der Waals surface area (Å²) < 4.78 is 12.8. The lowest BCUT2D eigenvalue weighted by Gasteiger charge is -2.06. The summed E-state index contributed by atoms with van der Waals surface area (Å²) in [6.45, 7) is 1.94. The first kappa shape index (κ1) is 10.4. The molecule has 0 aliphatic heterocycles. The summed E-state index contributed by atoms with van der Waals surface area (Å²) in [7, 11) is 0. The van der Waals surface area contributed by atoms with Gasteiger partial charge in [-0.25, -0.2) is 4.39 Å². The van der Waals surface area contributed by atoms with Crippen LogP contribution in [0.5, 0.6) is 0 Å². The molecule has 0 spiro atoms. The molecule has 0 bridgehead atoms. The Morgan fingerprint density at radius 2 is 1.75 bits per heavy atom. The van der Waals surface area contributed by atoms with Gasteiger partial charge in [0.2, 0.25) is 0 Å². The van der Waals surface area contributed by atoms with E-state index in [-0.39, 0.29) is 5.82 Å². The van der Waals surface area contributed by atoms with E-state index in [1.165, 1.54) is 12.1 Å². The molecule has 0 aliphatic rings. The first-order valence-corrected chi connectivity index (χ1v) is 4.97. The predicted octanol–water partition coefficient (Wildman–Crippen LogP) is 3.67. The average Bonchev–Trinajstić information content (AvgIpc) is 2.30. The van der Waals surface area contributed by atoms with Gasteiger partial charge in [-0.2, -0.15) is 5.26 Å². The van der Waals surface area contributed by atoms with Crippen molar-refractivity contribution in [3.63, 3.8) is 0 Å². The van der Waals surface area contributed by atoms with Gasteiger partial charge in [0.1, 0.15) is 5.82 Å². The number of hydrogen-bond donors (Lipinski definition) is 0. The molecular weight excluding hydrogens is 201 g/mol. The van der Waals surface area contributed by atoms with Crippen LogP contribution in [-0.4, -0.2) is 0 Å². The maximum Gasteiger partial charge on any atom is 0.123 e. The van der Waals surface area contributed by atoms with Gasteiger partial charge < -0.3 is 0 Å². The van der Waals surface area contributed by atoms with E-state index >= 15 is 0 Å². The first-order valence-electron chi connectivity index (χ1n) is 4.97. The molecule has 2 rings (SSSR count). The molecule has 78 valence electrons. The SMILES string of the molecule is Cc1cc(C#N)ccc1-c1ccc(F)cc1. The van der Waals surface area contributed by atoms with Gasteiger partial charge in [0.25, 0.3) is 0 Å². The highest BCUT2D eigenvalue weighted by atomic mass is 19.1. The summed E-state index contributed by atoms with van der Waals surface area (Å²) in [6.07, 6.45) is 0. The van der Waals surface area contributed by atoms with Gasteiger partial charge in [-0.05, 0) is 47.9 Å². The van der Waals surface area contributed by atoms with E-state index in [0.29, 0.717) is 5.56 Å². The predicted molar refractivity (Wildman–Crippen MR) is 61.3 cm³/mol. The average molecular weight is 211 g/mol. The van der Waals surface area contributed by atoms with Crippen molar-refractivity contribution in [1.29, 1.82) is 5.26 Å². The molecule has 0 saturated heterocycles. The first-order chi connectivity index (χ1) is 7.70. The lowest BCUT2D eigenvalue weighted by molar-refractivity contribution is 0.628. The van der Waals surface area contributed by atoms with Crippen LogP contribution in [0.2, 0.25) is 0 Å². The molecule has 16 heavy (non-hydrogen) atoms. The monoisotopic (exact) mass is 211 g/mol. The number of rotatable bonds is 1. The number of halogens is 1. The van der Waals surface area contributed by atoms with Crippen molar-refractivity contribution in [2.75, 3.05) is 0 Å². The van der Waals surface area contributed by atoms with Crippen molar-refractivity contribution < 1.29 is 4.39 Å². The third kappa shape index (κ3) is 1.94. The third-order valence-electron chi connectivity index (χ3n) is 2.51. The van der Waals surface area contributed by atoms with Crippen LogP contribution in [0.25, 0.3) is 11.1 Å². The minimum Gasteiger partial charge on any atom is -0.207 e. The Labute approximate surface area is 93.8 Å². The minimum absolute atomic E-state index is 0.241. The zero-order valence-electron chi connectivity index (χ0n) is 8.87. The van der Waals surface area contributed by atoms with Crippen molar-refractivity contribution in [3.8, 4) is 17.2 Å². The molecule has 1 nitrogen and oxygen atoms in total. The molecule has 2 heteroatoms. The second kappa shape index (κ2) is 4.16. The van der Waals surface area contributed by atoms with E-state index in [4.69, 9.17) is 5.26 Å². The van der Waals surface area contributed by atoms with Crippen molar-refractivity contribution in [2.24, 2.45) is 0 Å². The van der Waals surface area contributed by atoms with E-state index in [0.717, 1.165) is 16.7 Å². The van der Waals surface area contributed by atoms with Gasteiger partial charge in [-0.15, -0.1) is 0 Å². The quantitative estimate of drug-likeness (QED) is 0.706. The Morgan fingerprint density at radius 1 is 1.06 bits per heavy atom. The van der Waals surface area contributed by atoms with Gasteiger partial charge in [-0.1, -0.05) is 18.2 Å². The van der Waals surface area contributed by atoms with Crippen LogP contribution in [-0.2, 0) is 0 Å². The summed E-state index contributed by atoms with van der Waals surface area (Å²) in [5.41, 5.74) is 3.65. The fourth-order valence-electron chi connectivity index (χ4n) is 1.69. The smallest absolute Gasteiger partial charge is 0.123 e. The van der Waals surface area contributed by atoms with Gasteiger partial charge >= 0.3 is 0 Å². The van der Waals surface area contributed by atoms with Gasteiger partial charge in [0.05, 0.1) is 11.6 Å². The van der Waals surface area contributed by atoms with Gasteiger partial charge in [0.15, 0.2) is 0 Å². The summed E-state index contributed by atoms with van der Waals surface area (Å²) in [6, 6.07) is 13.9. The lowest BCUT2D eigenvalue weighted by Crippen LogP contribution is -1.85. The van der Waals surface area contributed by atoms with Crippen LogP contribution in [0, 0.1) is 24.1 Å². The number of hydrogen-bond acceptors (Lipinski definition) is 1. The van der Waals surface area contributed by atoms with Crippen LogP contribution >= 0.6 is 0 Å². The highest BCUT2D eigenvalue weighted by Gasteiger charge is 2.02. The van der Waals surface area contributed by atoms with Crippen LogP contribution < -0.4 is 0 Å². The molecule has 0 aliphatic carbocycles. The molecule has 0 unspecified atom stereocenters. The summed E-state index contributed by atoms with van der Waals surface area (Å²) >= 11 is 0. The Bertz CT molecular complexity index is 550. The molecule has 0 fully saturated rings. The standard InChI is InChI=1S/C14H10FN/c1-10-8-11(9-16)2-7-14(10)12-3-5-13(15)6-4-12/h2-8H,1H3. The highest BCUT2D eigenvalue weighted by molar-refractivity contribution is 5.68. The van der Waals surface area contributed by atoms with E-state index in [9.17, 15) is 4.39 Å². The van der Waals surface area contributed by atoms with Crippen molar-refractivity contribution in [1.82, 2.24) is 0 Å². The Morgan fingerprint density at radius 3 is 2.31 bits per heavy atom. The normalized spacial score (nSPS) is 9.81. The maximum absolute atomic E-state index is 12.8. The van der Waals surface area contributed by atoms with E-state index in [1.807, 2.05) is 19.1 Å². The van der Waals surface area contributed by atoms with Crippen LogP contribution in [0.3, 0.4) is 0 Å². The molecule has 0 amide bonds. The lowest BCUT2D eigenvalue weighted by atomic mass is 9.99. The second-order valence-corrected chi connectivity index (χ2v) is 3.65. The Hall–Kier alpha value is -2.14. The summed E-state index contributed by atoms with van der Waals surface area (Å²) in [5, 5.41) is 8.76. The molecular formula is C14H10FN. The van der Waals surface area contributed by atoms with Crippen LogP contribution in [0.1, 0.15) is 11.1 Å². The molecule has 0 radical (unpaired) electrons. The summed E-state index contributed by atoms with van der Waals surface area (Å²) in [4.78, 5) is 0. The van der Waals surface area contributed by atoms with Gasteiger partial charge in [0, 0.05) is 0 Å². The number of nitrogens with zero attached hydrogens (tertiary/aromatic N) is 1.